The van der Waals surface area contributed by atoms with Crippen LogP contribution in [0, 0.1) is 0 Å². The van der Waals surface area contributed by atoms with Crippen LogP contribution in [0.2, 0.25) is 5.02 Å². The molecule has 0 unspecified atom stereocenters. The Hall–Kier alpha value is -1.02. The molecular weight excluding hydrogens is 427 g/mol. The predicted molar refractivity (Wildman–Crippen MR) is 106 cm³/mol. The van der Waals surface area contributed by atoms with Crippen LogP contribution in [0.4, 0.5) is 0 Å². The summed E-state index contributed by atoms with van der Waals surface area (Å²) in [6, 6.07) is 7.74. The van der Waals surface area contributed by atoms with Crippen molar-refractivity contribution in [2.45, 2.75) is 20.4 Å². The summed E-state index contributed by atoms with van der Waals surface area (Å²) in [6.45, 7) is 8.25. The van der Waals surface area contributed by atoms with Crippen molar-refractivity contribution >= 4 is 47.4 Å². The van der Waals surface area contributed by atoms with Crippen molar-refractivity contribution in [2.75, 3.05) is 32.7 Å². The summed E-state index contributed by atoms with van der Waals surface area (Å²) in [5, 5.41) is 4.06. The maximum Gasteiger partial charge on any atom is 0.219 e. The molecule has 23 heavy (non-hydrogen) atoms. The first kappa shape index (κ1) is 20.0. The zero-order chi connectivity index (χ0) is 15.9. The normalized spacial score (nSPS) is 15.2. The van der Waals surface area contributed by atoms with E-state index in [1.165, 1.54) is 0 Å². The lowest BCUT2D eigenvalue weighted by molar-refractivity contribution is -0.130. The number of nitrogens with zero attached hydrogens (tertiary/aromatic N) is 3. The molecule has 5 nitrogen and oxygen atoms in total. The van der Waals surface area contributed by atoms with E-state index < -0.39 is 0 Å². The lowest BCUT2D eigenvalue weighted by Crippen LogP contribution is -2.53. The van der Waals surface area contributed by atoms with E-state index in [1.807, 2.05) is 29.2 Å². The summed E-state index contributed by atoms with van der Waals surface area (Å²) in [7, 11) is 0. The van der Waals surface area contributed by atoms with Crippen LogP contribution >= 0.6 is 35.6 Å². The highest BCUT2D eigenvalue weighted by Crippen LogP contribution is 2.11. The smallest absolute Gasteiger partial charge is 0.219 e. The molecule has 1 aromatic rings. The van der Waals surface area contributed by atoms with Crippen molar-refractivity contribution in [1.29, 1.82) is 0 Å². The van der Waals surface area contributed by atoms with Crippen molar-refractivity contribution in [2.24, 2.45) is 4.99 Å². The molecule has 7 heteroatoms. The van der Waals surface area contributed by atoms with Crippen LogP contribution in [0.1, 0.15) is 19.4 Å². The molecule has 1 heterocycles. The molecule has 0 spiro atoms. The highest BCUT2D eigenvalue weighted by Gasteiger charge is 2.20. The summed E-state index contributed by atoms with van der Waals surface area (Å²) in [5.41, 5.74) is 1.13. The molecule has 1 aromatic carbocycles. The van der Waals surface area contributed by atoms with Gasteiger partial charge in [0.25, 0.3) is 0 Å². The molecule has 1 amide bonds. The number of hydrogen-bond donors (Lipinski definition) is 1. The Morgan fingerprint density at radius 1 is 1.17 bits per heavy atom. The van der Waals surface area contributed by atoms with Crippen LogP contribution < -0.4 is 5.32 Å². The number of hydrogen-bond acceptors (Lipinski definition) is 2. The number of amides is 1. The van der Waals surface area contributed by atoms with Crippen LogP contribution in [-0.2, 0) is 11.3 Å². The summed E-state index contributed by atoms with van der Waals surface area (Å²) in [6.07, 6.45) is 0. The minimum atomic E-state index is 0. The molecular formula is C16H24ClIN4O. The third kappa shape index (κ3) is 6.18. The minimum Gasteiger partial charge on any atom is -0.357 e. The van der Waals surface area contributed by atoms with Crippen LogP contribution in [0.5, 0.6) is 0 Å². The average molecular weight is 451 g/mol. The van der Waals surface area contributed by atoms with Gasteiger partial charge in [0, 0.05) is 44.7 Å². The van der Waals surface area contributed by atoms with Crippen molar-refractivity contribution in [3.8, 4) is 0 Å². The van der Waals surface area contributed by atoms with Gasteiger partial charge >= 0.3 is 0 Å². The number of halogens is 2. The van der Waals surface area contributed by atoms with Crippen molar-refractivity contribution in [3.63, 3.8) is 0 Å². The fraction of sp³-hybridized carbons (Fsp3) is 0.500. The largest absolute Gasteiger partial charge is 0.357 e. The van der Waals surface area contributed by atoms with Crippen molar-refractivity contribution in [3.05, 3.63) is 34.9 Å². The number of carbonyl (C=O) groups excluding carboxylic acids is 1. The van der Waals surface area contributed by atoms with Gasteiger partial charge in [0.05, 0.1) is 6.54 Å². The lowest BCUT2D eigenvalue weighted by atomic mass is 10.2. The van der Waals surface area contributed by atoms with E-state index in [9.17, 15) is 4.79 Å². The molecule has 0 aromatic heterocycles. The third-order valence-electron chi connectivity index (χ3n) is 3.68. The zero-order valence-corrected chi connectivity index (χ0v) is 16.7. The summed E-state index contributed by atoms with van der Waals surface area (Å²) < 4.78 is 0. The Bertz CT molecular complexity index is 527. The van der Waals surface area contributed by atoms with Crippen LogP contribution in [0.3, 0.4) is 0 Å². The fourth-order valence-corrected chi connectivity index (χ4v) is 2.54. The number of carbonyl (C=O) groups is 1. The second-order valence-corrected chi connectivity index (χ2v) is 5.73. The second-order valence-electron chi connectivity index (χ2n) is 5.29. The minimum absolute atomic E-state index is 0. The molecule has 1 fully saturated rings. The molecule has 2 rings (SSSR count). The van der Waals surface area contributed by atoms with Gasteiger partial charge in [-0.1, -0.05) is 23.7 Å². The third-order valence-corrected chi connectivity index (χ3v) is 3.94. The quantitative estimate of drug-likeness (QED) is 0.437. The molecule has 0 radical (unpaired) electrons. The van der Waals surface area contributed by atoms with Gasteiger partial charge in [0.15, 0.2) is 5.96 Å². The van der Waals surface area contributed by atoms with E-state index in [0.717, 1.165) is 49.3 Å². The molecule has 0 saturated carbocycles. The Balaban J connectivity index is 0.00000264. The topological polar surface area (TPSA) is 47.9 Å². The van der Waals surface area contributed by atoms with E-state index in [-0.39, 0.29) is 29.9 Å². The number of aliphatic imine (C=N–C) groups is 1. The summed E-state index contributed by atoms with van der Waals surface area (Å²) >= 11 is 5.90. The summed E-state index contributed by atoms with van der Waals surface area (Å²) in [5.74, 6) is 1.04. The van der Waals surface area contributed by atoms with Gasteiger partial charge in [-0.15, -0.1) is 24.0 Å². The first-order valence-electron chi connectivity index (χ1n) is 7.63. The zero-order valence-electron chi connectivity index (χ0n) is 13.6. The number of rotatable bonds is 3. The maximum atomic E-state index is 11.4. The molecule has 0 bridgehead atoms. The molecule has 0 aliphatic carbocycles. The van der Waals surface area contributed by atoms with Crippen LogP contribution in [0.25, 0.3) is 0 Å². The molecule has 128 valence electrons. The van der Waals surface area contributed by atoms with Crippen LogP contribution in [-0.4, -0.2) is 54.4 Å². The van der Waals surface area contributed by atoms with E-state index >= 15 is 0 Å². The second kappa shape index (κ2) is 9.97. The van der Waals surface area contributed by atoms with Gasteiger partial charge in [-0.3, -0.25) is 4.79 Å². The molecule has 1 aliphatic rings. The summed E-state index contributed by atoms with van der Waals surface area (Å²) in [4.78, 5) is 20.2. The highest BCUT2D eigenvalue weighted by atomic mass is 127. The lowest BCUT2D eigenvalue weighted by Gasteiger charge is -2.36. The first-order chi connectivity index (χ1) is 10.6. The first-order valence-corrected chi connectivity index (χ1v) is 8.01. The van der Waals surface area contributed by atoms with E-state index in [2.05, 4.69) is 17.1 Å². The standard InChI is InChI=1S/C16H23ClN4O.HI/c1-3-18-16(19-12-14-4-6-15(17)7-5-14)21-10-8-20(9-11-21)13(2)22;/h4-7H,3,8-12H2,1-2H3,(H,18,19);1H. The predicted octanol–water partition coefficient (Wildman–Crippen LogP) is 2.59. The van der Waals surface area contributed by atoms with Crippen LogP contribution in [0.15, 0.2) is 29.3 Å². The average Bonchev–Trinajstić information content (AvgIpc) is 2.53. The Kier molecular flexibility index (Phi) is 8.68. The van der Waals surface area contributed by atoms with Gasteiger partial charge in [0.1, 0.15) is 0 Å². The van der Waals surface area contributed by atoms with Gasteiger partial charge < -0.3 is 15.1 Å². The molecule has 1 N–H and O–H groups in total. The molecule has 0 atom stereocenters. The Morgan fingerprint density at radius 2 is 1.74 bits per heavy atom. The monoisotopic (exact) mass is 450 g/mol. The molecule has 1 aliphatic heterocycles. The van der Waals surface area contributed by atoms with Gasteiger partial charge in [-0.2, -0.15) is 0 Å². The number of piperazine rings is 1. The van der Waals surface area contributed by atoms with Crippen molar-refractivity contribution < 1.29 is 4.79 Å². The fourth-order valence-electron chi connectivity index (χ4n) is 2.41. The molecule has 1 saturated heterocycles. The van der Waals surface area contributed by atoms with Gasteiger partial charge in [0.2, 0.25) is 5.91 Å². The number of guanidine groups is 1. The van der Waals surface area contributed by atoms with Gasteiger partial charge in [-0.25, -0.2) is 4.99 Å². The van der Waals surface area contributed by atoms with Crippen molar-refractivity contribution in [1.82, 2.24) is 15.1 Å². The maximum absolute atomic E-state index is 11.4. The van der Waals surface area contributed by atoms with Gasteiger partial charge in [-0.05, 0) is 24.6 Å². The SMILES string of the molecule is CCNC(=NCc1ccc(Cl)cc1)N1CCN(C(C)=O)CC1.I. The highest BCUT2D eigenvalue weighted by molar-refractivity contribution is 14.0. The number of nitrogens with one attached hydrogen (secondary N) is 1. The van der Waals surface area contributed by atoms with E-state index in [0.29, 0.717) is 6.54 Å². The number of benzene rings is 1. The van der Waals surface area contributed by atoms with E-state index in [4.69, 9.17) is 16.6 Å². The van der Waals surface area contributed by atoms with E-state index in [1.54, 1.807) is 6.92 Å². The Labute approximate surface area is 160 Å². The Morgan fingerprint density at radius 3 is 2.26 bits per heavy atom.